The zero-order chi connectivity index (χ0) is 13.8. The second-order valence-corrected chi connectivity index (χ2v) is 4.55. The van der Waals surface area contributed by atoms with Crippen molar-refractivity contribution in [2.75, 3.05) is 6.54 Å². The largest absolute Gasteiger partial charge is 0.438 e. The van der Waals surface area contributed by atoms with Crippen LogP contribution in [-0.4, -0.2) is 21.3 Å². The van der Waals surface area contributed by atoms with Gasteiger partial charge in [0.25, 0.3) is 0 Å². The van der Waals surface area contributed by atoms with Crippen molar-refractivity contribution < 1.29 is 4.74 Å². The quantitative estimate of drug-likeness (QED) is 0.897. The van der Waals surface area contributed by atoms with E-state index in [9.17, 15) is 0 Å². The summed E-state index contributed by atoms with van der Waals surface area (Å²) in [5.41, 5.74) is 1.94. The molecule has 2 aromatic heterocycles. The van der Waals surface area contributed by atoms with Crippen LogP contribution in [0.1, 0.15) is 31.3 Å². The molecule has 0 fully saturated rings. The van der Waals surface area contributed by atoms with Gasteiger partial charge in [-0.1, -0.05) is 6.92 Å². The van der Waals surface area contributed by atoms with E-state index in [1.807, 2.05) is 32.2 Å². The molecule has 2 aromatic rings. The van der Waals surface area contributed by atoms with Gasteiger partial charge in [0.1, 0.15) is 5.75 Å². The van der Waals surface area contributed by atoms with Gasteiger partial charge in [-0.05, 0) is 32.5 Å². The van der Waals surface area contributed by atoms with E-state index < -0.39 is 0 Å². The molecule has 2 rings (SSSR count). The Bertz CT molecular complexity index is 533. The lowest BCUT2D eigenvalue weighted by Gasteiger charge is -2.12. The fourth-order valence-corrected chi connectivity index (χ4v) is 1.92. The highest BCUT2D eigenvalue weighted by molar-refractivity contribution is 5.27. The molecule has 0 saturated heterocycles. The molecule has 102 valence electrons. The Kier molecular flexibility index (Phi) is 4.16. The van der Waals surface area contributed by atoms with Crippen molar-refractivity contribution in [3.63, 3.8) is 0 Å². The topological polar surface area (TPSA) is 52.0 Å². The van der Waals surface area contributed by atoms with Crippen LogP contribution >= 0.6 is 0 Å². The van der Waals surface area contributed by atoms with E-state index in [4.69, 9.17) is 4.74 Å². The molecule has 5 nitrogen and oxygen atoms in total. The Morgan fingerprint density at radius 2 is 2.21 bits per heavy atom. The summed E-state index contributed by atoms with van der Waals surface area (Å²) in [6.07, 6.45) is 1.74. The summed E-state index contributed by atoms with van der Waals surface area (Å²) in [6.45, 7) is 7.04. The van der Waals surface area contributed by atoms with Crippen LogP contribution in [-0.2, 0) is 7.05 Å². The molecule has 19 heavy (non-hydrogen) atoms. The molecule has 0 saturated carbocycles. The Balaban J connectivity index is 2.08. The van der Waals surface area contributed by atoms with E-state index in [2.05, 4.69) is 29.2 Å². The maximum Gasteiger partial charge on any atom is 0.217 e. The molecule has 0 aromatic carbocycles. The minimum atomic E-state index is 0.248. The van der Waals surface area contributed by atoms with E-state index in [1.165, 1.54) is 0 Å². The lowest BCUT2D eigenvalue weighted by atomic mass is 10.2. The number of rotatable bonds is 5. The third-order valence-corrected chi connectivity index (χ3v) is 2.89. The summed E-state index contributed by atoms with van der Waals surface area (Å²) in [4.78, 5) is 4.41. The number of ether oxygens (including phenoxy) is 1. The minimum absolute atomic E-state index is 0.248. The molecule has 0 bridgehead atoms. The van der Waals surface area contributed by atoms with Crippen LogP contribution in [0.3, 0.4) is 0 Å². The maximum absolute atomic E-state index is 5.74. The molecule has 0 aliphatic heterocycles. The standard InChI is InChI=1S/C14H20N4O/c1-5-15-11(3)13-7-6-12(9-16-13)19-14-8-10(2)17-18(14)4/h6-9,11,15H,5H2,1-4H3. The van der Waals surface area contributed by atoms with Crippen LogP contribution in [0, 0.1) is 6.92 Å². The number of hydrogen-bond donors (Lipinski definition) is 1. The van der Waals surface area contributed by atoms with Gasteiger partial charge in [-0.3, -0.25) is 4.98 Å². The molecule has 1 atom stereocenters. The Labute approximate surface area is 113 Å². The van der Waals surface area contributed by atoms with Gasteiger partial charge in [-0.2, -0.15) is 5.10 Å². The van der Waals surface area contributed by atoms with E-state index in [0.29, 0.717) is 5.88 Å². The third kappa shape index (κ3) is 3.32. The highest BCUT2D eigenvalue weighted by atomic mass is 16.5. The van der Waals surface area contributed by atoms with Crippen molar-refractivity contribution in [2.45, 2.75) is 26.8 Å². The lowest BCUT2D eigenvalue weighted by Crippen LogP contribution is -2.18. The smallest absolute Gasteiger partial charge is 0.217 e. The van der Waals surface area contributed by atoms with E-state index >= 15 is 0 Å². The molecule has 0 aliphatic carbocycles. The number of nitrogens with one attached hydrogen (secondary N) is 1. The van der Waals surface area contributed by atoms with Gasteiger partial charge in [0.2, 0.25) is 5.88 Å². The fourth-order valence-electron chi connectivity index (χ4n) is 1.92. The maximum atomic E-state index is 5.74. The van der Waals surface area contributed by atoms with Crippen molar-refractivity contribution >= 4 is 0 Å². The first-order valence-electron chi connectivity index (χ1n) is 6.48. The predicted molar refractivity (Wildman–Crippen MR) is 74.3 cm³/mol. The monoisotopic (exact) mass is 260 g/mol. The van der Waals surface area contributed by atoms with Gasteiger partial charge in [0.05, 0.1) is 17.6 Å². The van der Waals surface area contributed by atoms with Crippen LogP contribution in [0.5, 0.6) is 11.6 Å². The number of aryl methyl sites for hydroxylation is 2. The molecule has 0 radical (unpaired) electrons. The SMILES string of the molecule is CCNC(C)c1ccc(Oc2cc(C)nn2C)cn1. The first kappa shape index (κ1) is 13.5. The molecule has 0 spiro atoms. The molecule has 5 heteroatoms. The lowest BCUT2D eigenvalue weighted by molar-refractivity contribution is 0.428. The van der Waals surface area contributed by atoms with Crippen LogP contribution < -0.4 is 10.1 Å². The predicted octanol–water partition coefficient (Wildman–Crippen LogP) is 2.59. The summed E-state index contributed by atoms with van der Waals surface area (Å²) in [6, 6.07) is 6.05. The van der Waals surface area contributed by atoms with Crippen LogP contribution in [0.4, 0.5) is 0 Å². The summed E-state index contributed by atoms with van der Waals surface area (Å²) >= 11 is 0. The highest BCUT2D eigenvalue weighted by Crippen LogP contribution is 2.21. The first-order valence-corrected chi connectivity index (χ1v) is 6.48. The fraction of sp³-hybridized carbons (Fsp3) is 0.429. The zero-order valence-electron chi connectivity index (χ0n) is 11.8. The molecule has 2 heterocycles. The Morgan fingerprint density at radius 1 is 1.42 bits per heavy atom. The molecule has 1 unspecified atom stereocenters. The first-order chi connectivity index (χ1) is 9.10. The average molecular weight is 260 g/mol. The van der Waals surface area contributed by atoms with Crippen molar-refractivity contribution in [1.82, 2.24) is 20.1 Å². The zero-order valence-corrected chi connectivity index (χ0v) is 11.8. The normalized spacial score (nSPS) is 12.4. The summed E-state index contributed by atoms with van der Waals surface area (Å²) in [7, 11) is 1.86. The van der Waals surface area contributed by atoms with Gasteiger partial charge in [0, 0.05) is 19.2 Å². The highest BCUT2D eigenvalue weighted by Gasteiger charge is 2.07. The van der Waals surface area contributed by atoms with Crippen LogP contribution in [0.2, 0.25) is 0 Å². The molecular weight excluding hydrogens is 240 g/mol. The van der Waals surface area contributed by atoms with Crippen molar-refractivity contribution in [3.8, 4) is 11.6 Å². The molecular formula is C14H20N4O. The number of aromatic nitrogens is 3. The Morgan fingerprint density at radius 3 is 2.74 bits per heavy atom. The average Bonchev–Trinajstić information content (AvgIpc) is 2.69. The summed E-state index contributed by atoms with van der Waals surface area (Å²) < 4.78 is 7.46. The van der Waals surface area contributed by atoms with Gasteiger partial charge in [0.15, 0.2) is 0 Å². The van der Waals surface area contributed by atoms with E-state index in [-0.39, 0.29) is 6.04 Å². The van der Waals surface area contributed by atoms with Gasteiger partial charge in [-0.15, -0.1) is 0 Å². The van der Waals surface area contributed by atoms with Gasteiger partial charge < -0.3 is 10.1 Å². The molecule has 1 N–H and O–H groups in total. The summed E-state index contributed by atoms with van der Waals surface area (Å²) in [5, 5.41) is 7.56. The summed E-state index contributed by atoms with van der Waals surface area (Å²) in [5.74, 6) is 1.43. The van der Waals surface area contributed by atoms with Gasteiger partial charge in [-0.25, -0.2) is 4.68 Å². The number of hydrogen-bond acceptors (Lipinski definition) is 4. The third-order valence-electron chi connectivity index (χ3n) is 2.89. The number of pyridine rings is 1. The van der Waals surface area contributed by atoms with Crippen molar-refractivity contribution in [2.24, 2.45) is 7.05 Å². The molecule has 0 amide bonds. The molecule has 0 aliphatic rings. The van der Waals surface area contributed by atoms with Crippen LogP contribution in [0.15, 0.2) is 24.4 Å². The van der Waals surface area contributed by atoms with Crippen LogP contribution in [0.25, 0.3) is 0 Å². The van der Waals surface area contributed by atoms with E-state index in [0.717, 1.165) is 23.7 Å². The second-order valence-electron chi connectivity index (χ2n) is 4.55. The second kappa shape index (κ2) is 5.84. The minimum Gasteiger partial charge on any atom is -0.438 e. The van der Waals surface area contributed by atoms with Crippen molar-refractivity contribution in [3.05, 3.63) is 35.8 Å². The van der Waals surface area contributed by atoms with Gasteiger partial charge >= 0.3 is 0 Å². The van der Waals surface area contributed by atoms with Crippen molar-refractivity contribution in [1.29, 1.82) is 0 Å². The number of nitrogens with zero attached hydrogens (tertiary/aromatic N) is 3. The van der Waals surface area contributed by atoms with E-state index in [1.54, 1.807) is 10.9 Å². The Hall–Kier alpha value is -1.88.